The zero-order valence-corrected chi connectivity index (χ0v) is 13.4. The van der Waals surface area contributed by atoms with Crippen molar-refractivity contribution < 1.29 is 4.79 Å². The molecule has 0 bridgehead atoms. The lowest BCUT2D eigenvalue weighted by molar-refractivity contribution is 0.0532. The van der Waals surface area contributed by atoms with Crippen LogP contribution >= 0.6 is 12.4 Å². The van der Waals surface area contributed by atoms with E-state index < -0.39 is 0 Å². The van der Waals surface area contributed by atoms with Gasteiger partial charge in [-0.05, 0) is 37.0 Å². The number of hydrogen-bond acceptors (Lipinski definition) is 4. The van der Waals surface area contributed by atoms with Crippen molar-refractivity contribution in [3.63, 3.8) is 0 Å². The van der Waals surface area contributed by atoms with Crippen LogP contribution in [0.3, 0.4) is 0 Å². The summed E-state index contributed by atoms with van der Waals surface area (Å²) in [6.07, 6.45) is 5.47. The number of rotatable bonds is 2. The van der Waals surface area contributed by atoms with E-state index in [-0.39, 0.29) is 24.4 Å². The second-order valence-corrected chi connectivity index (χ2v) is 5.68. The number of aromatic nitrogens is 2. The van der Waals surface area contributed by atoms with E-state index in [9.17, 15) is 4.79 Å². The molecule has 0 saturated carbocycles. The van der Waals surface area contributed by atoms with Gasteiger partial charge in [0.1, 0.15) is 0 Å². The molecule has 0 radical (unpaired) electrons. The van der Waals surface area contributed by atoms with Crippen LogP contribution in [0.4, 0.5) is 0 Å². The number of nitrogens with two attached hydrogens (primary N) is 1. The normalized spacial score (nSPS) is 21.5. The molecule has 2 unspecified atom stereocenters. The van der Waals surface area contributed by atoms with E-state index in [0.29, 0.717) is 18.0 Å². The highest BCUT2D eigenvalue weighted by Gasteiger charge is 2.31. The largest absolute Gasteiger partial charge is 0.334 e. The van der Waals surface area contributed by atoms with Crippen LogP contribution in [0.1, 0.15) is 30.1 Å². The number of piperidine rings is 1. The number of likely N-dealkylation sites (tertiary alicyclic amines) is 1. The lowest BCUT2D eigenvalue weighted by Gasteiger charge is -2.39. The first-order valence-corrected chi connectivity index (χ1v) is 7.42. The van der Waals surface area contributed by atoms with E-state index in [1.165, 1.54) is 0 Å². The van der Waals surface area contributed by atoms with Crippen LogP contribution in [0.25, 0.3) is 11.0 Å². The van der Waals surface area contributed by atoms with Gasteiger partial charge in [0.05, 0.1) is 11.0 Å². The fraction of sp³-hybridized carbons (Fsp3) is 0.438. The Balaban J connectivity index is 0.00000176. The molecule has 5 nitrogen and oxygen atoms in total. The third-order valence-electron chi connectivity index (χ3n) is 4.33. The second kappa shape index (κ2) is 7.03. The molecule has 3 rings (SSSR count). The summed E-state index contributed by atoms with van der Waals surface area (Å²) in [4.78, 5) is 23.2. The van der Waals surface area contributed by atoms with Gasteiger partial charge in [-0.1, -0.05) is 6.92 Å². The van der Waals surface area contributed by atoms with Crippen LogP contribution in [0.5, 0.6) is 0 Å². The van der Waals surface area contributed by atoms with Crippen LogP contribution in [-0.4, -0.2) is 39.9 Å². The summed E-state index contributed by atoms with van der Waals surface area (Å²) < 4.78 is 0. The third-order valence-corrected chi connectivity index (χ3v) is 4.33. The zero-order chi connectivity index (χ0) is 14.8. The van der Waals surface area contributed by atoms with Gasteiger partial charge in [-0.2, -0.15) is 0 Å². The van der Waals surface area contributed by atoms with Crippen LogP contribution in [0.2, 0.25) is 0 Å². The maximum absolute atomic E-state index is 12.8. The molecule has 1 aliphatic rings. The van der Waals surface area contributed by atoms with Gasteiger partial charge < -0.3 is 10.6 Å². The average molecular weight is 321 g/mol. The fourth-order valence-corrected chi connectivity index (χ4v) is 3.12. The Labute approximate surface area is 136 Å². The molecule has 2 atom stereocenters. The van der Waals surface area contributed by atoms with Gasteiger partial charge in [0.2, 0.25) is 0 Å². The molecule has 1 aromatic carbocycles. The first-order valence-electron chi connectivity index (χ1n) is 7.42. The van der Waals surface area contributed by atoms with Gasteiger partial charge in [-0.25, -0.2) is 0 Å². The lowest BCUT2D eigenvalue weighted by Crippen LogP contribution is -2.51. The third kappa shape index (κ3) is 3.05. The van der Waals surface area contributed by atoms with Crippen molar-refractivity contribution in [1.82, 2.24) is 14.9 Å². The second-order valence-electron chi connectivity index (χ2n) is 5.68. The Hall–Kier alpha value is -1.72. The number of halogens is 1. The summed E-state index contributed by atoms with van der Waals surface area (Å²) in [5.41, 5.74) is 8.09. The summed E-state index contributed by atoms with van der Waals surface area (Å²) in [6.45, 7) is 3.46. The van der Waals surface area contributed by atoms with Gasteiger partial charge in [-0.15, -0.1) is 12.4 Å². The number of carbonyl (C=O) groups excluding carboxylic acids is 1. The summed E-state index contributed by atoms with van der Waals surface area (Å²) in [7, 11) is 0. The van der Waals surface area contributed by atoms with Crippen molar-refractivity contribution in [2.45, 2.75) is 25.8 Å². The molecular weight excluding hydrogens is 300 g/mol. The standard InChI is InChI=1S/C16H20N4O.ClH/c1-11-3-2-8-20(15(11)10-17)16(21)12-4-5-13-14(9-12)19-7-6-18-13;/h4-7,9,11,15H,2-3,8,10,17H2,1H3;1H. The monoisotopic (exact) mass is 320 g/mol. The minimum Gasteiger partial charge on any atom is -0.334 e. The number of fused-ring (bicyclic) bond motifs is 1. The van der Waals surface area contributed by atoms with Gasteiger partial charge in [-0.3, -0.25) is 14.8 Å². The predicted molar refractivity (Wildman–Crippen MR) is 89.1 cm³/mol. The SMILES string of the molecule is CC1CCCN(C(=O)c2ccc3nccnc3c2)C1CN.Cl. The number of hydrogen-bond donors (Lipinski definition) is 1. The highest BCUT2D eigenvalue weighted by atomic mass is 35.5. The molecule has 1 aromatic heterocycles. The molecule has 1 fully saturated rings. The molecule has 2 N–H and O–H groups in total. The first-order chi connectivity index (χ1) is 10.2. The molecule has 0 spiro atoms. The fourth-order valence-electron chi connectivity index (χ4n) is 3.12. The molecule has 1 aliphatic heterocycles. The van der Waals surface area contributed by atoms with Crippen LogP contribution in [0, 0.1) is 5.92 Å². The summed E-state index contributed by atoms with van der Waals surface area (Å²) in [6, 6.07) is 5.62. The number of carbonyl (C=O) groups is 1. The minimum absolute atomic E-state index is 0. The predicted octanol–water partition coefficient (Wildman–Crippen LogP) is 2.25. The van der Waals surface area contributed by atoms with Crippen molar-refractivity contribution >= 4 is 29.3 Å². The van der Waals surface area contributed by atoms with E-state index in [1.807, 2.05) is 23.1 Å². The Morgan fingerprint density at radius 3 is 2.77 bits per heavy atom. The van der Waals surface area contributed by atoms with Crippen molar-refractivity contribution in [1.29, 1.82) is 0 Å². The van der Waals surface area contributed by atoms with Gasteiger partial charge in [0.25, 0.3) is 5.91 Å². The summed E-state index contributed by atoms with van der Waals surface area (Å²) in [5.74, 6) is 0.498. The molecule has 0 aliphatic carbocycles. The van der Waals surface area contributed by atoms with Crippen LogP contribution in [-0.2, 0) is 0 Å². The number of benzene rings is 1. The summed E-state index contributed by atoms with van der Waals surface area (Å²) in [5, 5.41) is 0. The topological polar surface area (TPSA) is 72.1 Å². The average Bonchev–Trinajstić information content (AvgIpc) is 2.53. The molecule has 1 amide bonds. The van der Waals surface area contributed by atoms with E-state index in [1.54, 1.807) is 12.4 Å². The molecule has 1 saturated heterocycles. The molecule has 22 heavy (non-hydrogen) atoms. The minimum atomic E-state index is 0. The molecule has 2 aromatic rings. The van der Waals surface area contributed by atoms with Gasteiger partial charge in [0.15, 0.2) is 0 Å². The maximum atomic E-state index is 12.8. The maximum Gasteiger partial charge on any atom is 0.254 e. The first kappa shape index (κ1) is 16.6. The number of amides is 1. The lowest BCUT2D eigenvalue weighted by atomic mass is 9.90. The quantitative estimate of drug-likeness (QED) is 0.921. The summed E-state index contributed by atoms with van der Waals surface area (Å²) >= 11 is 0. The molecular formula is C16H21ClN4O. The highest BCUT2D eigenvalue weighted by Crippen LogP contribution is 2.25. The van der Waals surface area contributed by atoms with Crippen LogP contribution in [0.15, 0.2) is 30.6 Å². The smallest absolute Gasteiger partial charge is 0.254 e. The van der Waals surface area contributed by atoms with E-state index in [0.717, 1.165) is 30.4 Å². The van der Waals surface area contributed by atoms with Crippen molar-refractivity contribution in [2.24, 2.45) is 11.7 Å². The van der Waals surface area contributed by atoms with E-state index >= 15 is 0 Å². The highest BCUT2D eigenvalue weighted by molar-refractivity contribution is 5.97. The zero-order valence-electron chi connectivity index (χ0n) is 12.6. The number of nitrogens with zero attached hydrogens (tertiary/aromatic N) is 3. The van der Waals surface area contributed by atoms with Crippen molar-refractivity contribution in [2.75, 3.05) is 13.1 Å². The van der Waals surface area contributed by atoms with E-state index in [2.05, 4.69) is 16.9 Å². The molecule has 118 valence electrons. The van der Waals surface area contributed by atoms with Crippen LogP contribution < -0.4 is 5.73 Å². The van der Waals surface area contributed by atoms with Gasteiger partial charge in [0, 0.05) is 37.1 Å². The van der Waals surface area contributed by atoms with E-state index in [4.69, 9.17) is 5.73 Å². The Morgan fingerprint density at radius 1 is 1.32 bits per heavy atom. The molecule has 2 heterocycles. The van der Waals surface area contributed by atoms with Gasteiger partial charge >= 0.3 is 0 Å². The Bertz CT molecular complexity index is 663. The Morgan fingerprint density at radius 2 is 2.05 bits per heavy atom. The van der Waals surface area contributed by atoms with Crippen molar-refractivity contribution in [3.05, 3.63) is 36.2 Å². The van der Waals surface area contributed by atoms with Crippen molar-refractivity contribution in [3.8, 4) is 0 Å². The molecule has 6 heteroatoms. The Kier molecular flexibility index (Phi) is 5.32.